The summed E-state index contributed by atoms with van der Waals surface area (Å²) in [7, 11) is 0. The van der Waals surface area contributed by atoms with Crippen LogP contribution >= 0.6 is 0 Å². The van der Waals surface area contributed by atoms with E-state index in [4.69, 9.17) is 9.72 Å². The quantitative estimate of drug-likeness (QED) is 0.730. The van der Waals surface area contributed by atoms with Gasteiger partial charge < -0.3 is 4.74 Å². The summed E-state index contributed by atoms with van der Waals surface area (Å²) in [6, 6.07) is 4.06. The molecule has 0 unspecified atom stereocenters. The van der Waals surface area contributed by atoms with Crippen LogP contribution in [0.25, 0.3) is 5.65 Å². The molecule has 2 heterocycles. The third-order valence-electron chi connectivity index (χ3n) is 5.99. The molecule has 26 heavy (non-hydrogen) atoms. The van der Waals surface area contributed by atoms with Crippen LogP contribution in [0.1, 0.15) is 92.5 Å². The van der Waals surface area contributed by atoms with Crippen LogP contribution in [-0.4, -0.2) is 27.2 Å². The second kappa shape index (κ2) is 7.77. The third kappa shape index (κ3) is 3.62. The van der Waals surface area contributed by atoms with Crippen LogP contribution in [0, 0.1) is 5.92 Å². The van der Waals surface area contributed by atoms with Gasteiger partial charge in [0.15, 0.2) is 11.3 Å². The number of esters is 1. The van der Waals surface area contributed by atoms with Crippen molar-refractivity contribution < 1.29 is 9.53 Å². The molecule has 0 bridgehead atoms. The summed E-state index contributed by atoms with van der Waals surface area (Å²) in [4.78, 5) is 17.0. The first-order chi connectivity index (χ1) is 12.7. The first-order valence-corrected chi connectivity index (χ1v) is 10.3. The van der Waals surface area contributed by atoms with Crippen LogP contribution in [0.3, 0.4) is 0 Å². The molecule has 2 fully saturated rings. The molecule has 0 aliphatic heterocycles. The van der Waals surface area contributed by atoms with E-state index in [1.165, 1.54) is 69.2 Å². The average molecular weight is 355 g/mol. The van der Waals surface area contributed by atoms with Gasteiger partial charge in [-0.2, -0.15) is 5.10 Å². The normalized spacial score (nSPS) is 19.3. The van der Waals surface area contributed by atoms with Crippen LogP contribution in [-0.2, 0) is 11.2 Å². The van der Waals surface area contributed by atoms with Gasteiger partial charge in [-0.3, -0.25) is 0 Å². The minimum Gasteiger partial charge on any atom is -0.461 e. The average Bonchev–Trinajstić information content (AvgIpc) is 3.31. The van der Waals surface area contributed by atoms with Gasteiger partial charge in [0, 0.05) is 23.4 Å². The molecule has 2 saturated carbocycles. The Balaban J connectivity index is 1.71. The molecule has 0 atom stereocenters. The Morgan fingerprint density at radius 1 is 1.12 bits per heavy atom. The molecule has 0 saturated heterocycles. The molecule has 140 valence electrons. The van der Waals surface area contributed by atoms with Crippen molar-refractivity contribution in [2.45, 2.75) is 77.0 Å². The van der Waals surface area contributed by atoms with Crippen LogP contribution in [0.15, 0.2) is 12.1 Å². The molecular weight excluding hydrogens is 326 g/mol. The van der Waals surface area contributed by atoms with Crippen molar-refractivity contribution in [2.75, 3.05) is 6.61 Å². The van der Waals surface area contributed by atoms with E-state index in [2.05, 4.69) is 11.2 Å². The standard InChI is InChI=1S/C21H29N3O2/c1-2-26-21(25)18-14-20-22-17(12-15-8-6-7-9-15)13-19(24(20)23-18)16-10-4-3-5-11-16/h13-16H,2-12H2,1H3. The van der Waals surface area contributed by atoms with Gasteiger partial charge in [-0.25, -0.2) is 14.3 Å². The monoisotopic (exact) mass is 355 g/mol. The Morgan fingerprint density at radius 3 is 2.58 bits per heavy atom. The number of aromatic nitrogens is 3. The number of ether oxygens (including phenoxy) is 1. The molecule has 0 radical (unpaired) electrons. The van der Waals surface area contributed by atoms with Crippen molar-refractivity contribution in [3.63, 3.8) is 0 Å². The van der Waals surface area contributed by atoms with Crippen LogP contribution in [0.5, 0.6) is 0 Å². The number of carbonyl (C=O) groups excluding carboxylic acids is 1. The molecule has 2 aromatic rings. The molecule has 2 aliphatic rings. The summed E-state index contributed by atoms with van der Waals surface area (Å²) < 4.78 is 7.04. The largest absolute Gasteiger partial charge is 0.461 e. The van der Waals surface area contributed by atoms with Gasteiger partial charge >= 0.3 is 5.97 Å². The van der Waals surface area contributed by atoms with Crippen LogP contribution in [0.4, 0.5) is 0 Å². The summed E-state index contributed by atoms with van der Waals surface area (Å²) in [6.45, 7) is 2.18. The van der Waals surface area contributed by atoms with Gasteiger partial charge in [-0.05, 0) is 38.2 Å². The third-order valence-corrected chi connectivity index (χ3v) is 5.99. The molecule has 0 aromatic carbocycles. The highest BCUT2D eigenvalue weighted by atomic mass is 16.5. The molecule has 5 heteroatoms. The van der Waals surface area contributed by atoms with Crippen molar-refractivity contribution in [3.8, 4) is 0 Å². The first-order valence-electron chi connectivity index (χ1n) is 10.3. The highest BCUT2D eigenvalue weighted by Crippen LogP contribution is 2.34. The maximum absolute atomic E-state index is 12.1. The van der Waals surface area contributed by atoms with Crippen molar-refractivity contribution in [1.29, 1.82) is 0 Å². The van der Waals surface area contributed by atoms with Crippen LogP contribution < -0.4 is 0 Å². The number of carbonyl (C=O) groups is 1. The number of rotatable bonds is 5. The van der Waals surface area contributed by atoms with E-state index in [0.717, 1.165) is 18.0 Å². The zero-order valence-corrected chi connectivity index (χ0v) is 15.7. The van der Waals surface area contributed by atoms with Crippen molar-refractivity contribution in [1.82, 2.24) is 14.6 Å². The van der Waals surface area contributed by atoms with E-state index in [9.17, 15) is 4.79 Å². The zero-order valence-electron chi connectivity index (χ0n) is 15.7. The second-order valence-electron chi connectivity index (χ2n) is 7.88. The molecular formula is C21H29N3O2. The minimum atomic E-state index is -0.357. The number of hydrogen-bond acceptors (Lipinski definition) is 4. The predicted octanol–water partition coefficient (Wildman–Crippen LogP) is 4.69. The Labute approximate surface area is 155 Å². The van der Waals surface area contributed by atoms with Crippen molar-refractivity contribution >= 4 is 11.6 Å². The summed E-state index contributed by atoms with van der Waals surface area (Å²) >= 11 is 0. The van der Waals surface area contributed by atoms with Gasteiger partial charge in [-0.15, -0.1) is 0 Å². The lowest BCUT2D eigenvalue weighted by atomic mass is 9.86. The molecule has 0 N–H and O–H groups in total. The minimum absolute atomic E-state index is 0.357. The van der Waals surface area contributed by atoms with Crippen LogP contribution in [0.2, 0.25) is 0 Å². The Bertz CT molecular complexity index is 771. The maximum Gasteiger partial charge on any atom is 0.358 e. The smallest absolute Gasteiger partial charge is 0.358 e. The highest BCUT2D eigenvalue weighted by Gasteiger charge is 2.24. The first kappa shape index (κ1) is 17.5. The van der Waals surface area contributed by atoms with E-state index < -0.39 is 0 Å². The van der Waals surface area contributed by atoms with Gasteiger partial charge in [0.05, 0.1) is 6.61 Å². The van der Waals surface area contributed by atoms with E-state index in [1.54, 1.807) is 6.07 Å². The molecule has 5 nitrogen and oxygen atoms in total. The summed E-state index contributed by atoms with van der Waals surface area (Å²) in [5.41, 5.74) is 3.57. The van der Waals surface area contributed by atoms with E-state index in [0.29, 0.717) is 18.2 Å². The zero-order chi connectivity index (χ0) is 17.9. The fourth-order valence-electron chi connectivity index (χ4n) is 4.66. The van der Waals surface area contributed by atoms with Crippen molar-refractivity contribution in [3.05, 3.63) is 29.2 Å². The lowest BCUT2D eigenvalue weighted by Crippen LogP contribution is -2.13. The highest BCUT2D eigenvalue weighted by molar-refractivity contribution is 5.88. The van der Waals surface area contributed by atoms with E-state index in [1.807, 2.05) is 11.4 Å². The Hall–Kier alpha value is -1.91. The summed E-state index contributed by atoms with van der Waals surface area (Å²) in [5.74, 6) is 0.924. The molecule has 0 spiro atoms. The fourth-order valence-corrected chi connectivity index (χ4v) is 4.66. The topological polar surface area (TPSA) is 56.5 Å². The fraction of sp³-hybridized carbons (Fsp3) is 0.667. The Kier molecular flexibility index (Phi) is 5.23. The number of hydrogen-bond donors (Lipinski definition) is 0. The second-order valence-corrected chi connectivity index (χ2v) is 7.88. The number of nitrogens with zero attached hydrogens (tertiary/aromatic N) is 3. The van der Waals surface area contributed by atoms with Gasteiger partial charge in [0.1, 0.15) is 0 Å². The molecule has 2 aromatic heterocycles. The summed E-state index contributed by atoms with van der Waals surface area (Å²) in [5, 5.41) is 4.56. The molecule has 0 amide bonds. The Morgan fingerprint density at radius 2 is 1.85 bits per heavy atom. The van der Waals surface area contributed by atoms with Crippen molar-refractivity contribution in [2.24, 2.45) is 5.92 Å². The lowest BCUT2D eigenvalue weighted by Gasteiger charge is -2.23. The lowest BCUT2D eigenvalue weighted by molar-refractivity contribution is 0.0519. The van der Waals surface area contributed by atoms with Gasteiger partial charge in [0.25, 0.3) is 0 Å². The predicted molar refractivity (Wildman–Crippen MR) is 100 cm³/mol. The summed E-state index contributed by atoms with van der Waals surface area (Å²) in [6.07, 6.45) is 12.7. The SMILES string of the molecule is CCOC(=O)c1cc2nc(CC3CCCC3)cc(C3CCCCC3)n2n1. The molecule has 2 aliphatic carbocycles. The van der Waals surface area contributed by atoms with Gasteiger partial charge in [0.2, 0.25) is 0 Å². The van der Waals surface area contributed by atoms with Gasteiger partial charge in [-0.1, -0.05) is 44.9 Å². The molecule has 4 rings (SSSR count). The van der Waals surface area contributed by atoms with E-state index >= 15 is 0 Å². The number of fused-ring (bicyclic) bond motifs is 1. The maximum atomic E-state index is 12.1. The van der Waals surface area contributed by atoms with E-state index in [-0.39, 0.29) is 5.97 Å².